The molecule has 8 heteroatoms. The molecule has 0 atom stereocenters. The van der Waals surface area contributed by atoms with Crippen LogP contribution in [-0.2, 0) is 6.54 Å². The highest BCUT2D eigenvalue weighted by atomic mass is 16.5. The van der Waals surface area contributed by atoms with Crippen molar-refractivity contribution in [3.63, 3.8) is 0 Å². The molecule has 0 amide bonds. The van der Waals surface area contributed by atoms with Gasteiger partial charge in [0.2, 0.25) is 5.95 Å². The van der Waals surface area contributed by atoms with Crippen molar-refractivity contribution < 1.29 is 14.6 Å². The van der Waals surface area contributed by atoms with E-state index in [0.29, 0.717) is 17.9 Å². The number of aromatic carboxylic acids is 1. The molecular weight excluding hydrogens is 298 g/mol. The number of carbonyl (C=O) groups is 1. The van der Waals surface area contributed by atoms with Gasteiger partial charge in [-0.05, 0) is 29.8 Å². The molecule has 1 aromatic carbocycles. The lowest BCUT2D eigenvalue weighted by Crippen LogP contribution is -2.12. The van der Waals surface area contributed by atoms with Crippen molar-refractivity contribution in [1.29, 1.82) is 0 Å². The third kappa shape index (κ3) is 2.86. The Hall–Kier alpha value is -3.29. The van der Waals surface area contributed by atoms with Crippen molar-refractivity contribution in [2.75, 3.05) is 18.2 Å². The molecular formula is C15H15N5O3. The summed E-state index contributed by atoms with van der Waals surface area (Å²) >= 11 is 0. The second-order valence-corrected chi connectivity index (χ2v) is 4.84. The number of nitrogens with one attached hydrogen (secondary N) is 1. The van der Waals surface area contributed by atoms with Gasteiger partial charge in [0.15, 0.2) is 11.3 Å². The van der Waals surface area contributed by atoms with Gasteiger partial charge in [-0.1, -0.05) is 12.1 Å². The number of nitrogens with two attached hydrogens (primary N) is 1. The zero-order valence-electron chi connectivity index (χ0n) is 12.4. The van der Waals surface area contributed by atoms with Crippen LogP contribution in [0.25, 0.3) is 5.65 Å². The summed E-state index contributed by atoms with van der Waals surface area (Å²) in [7, 11) is 1.60. The van der Waals surface area contributed by atoms with Crippen molar-refractivity contribution in [2.45, 2.75) is 6.54 Å². The number of carboxylic acid groups (broad SMARTS) is 1. The smallest absolute Gasteiger partial charge is 0.356 e. The molecule has 3 aromatic rings. The predicted octanol–water partition coefficient (Wildman–Crippen LogP) is 1.63. The lowest BCUT2D eigenvalue weighted by Gasteiger charge is -2.11. The second-order valence-electron chi connectivity index (χ2n) is 4.84. The van der Waals surface area contributed by atoms with Crippen LogP contribution in [-0.4, -0.2) is 32.8 Å². The molecule has 8 nitrogen and oxygen atoms in total. The highest BCUT2D eigenvalue weighted by molar-refractivity contribution is 5.93. The molecule has 0 saturated heterocycles. The van der Waals surface area contributed by atoms with E-state index in [1.165, 1.54) is 4.52 Å². The SMILES string of the molecule is COc1ccc(CNc2ccc3nc(N)nn3c2C(=O)O)cc1. The van der Waals surface area contributed by atoms with Crippen LogP contribution in [0.4, 0.5) is 11.6 Å². The molecule has 0 aliphatic rings. The molecule has 0 radical (unpaired) electrons. The van der Waals surface area contributed by atoms with Gasteiger partial charge in [-0.25, -0.2) is 9.31 Å². The maximum absolute atomic E-state index is 11.6. The van der Waals surface area contributed by atoms with Crippen LogP contribution < -0.4 is 15.8 Å². The monoisotopic (exact) mass is 313 g/mol. The molecule has 118 valence electrons. The van der Waals surface area contributed by atoms with Gasteiger partial charge in [0.25, 0.3) is 0 Å². The minimum absolute atomic E-state index is 0.0137. The van der Waals surface area contributed by atoms with Crippen LogP contribution in [0.3, 0.4) is 0 Å². The van der Waals surface area contributed by atoms with Crippen LogP contribution in [0.5, 0.6) is 5.75 Å². The first-order chi connectivity index (χ1) is 11.1. The predicted molar refractivity (Wildman–Crippen MR) is 84.7 cm³/mol. The van der Waals surface area contributed by atoms with Gasteiger partial charge in [0.05, 0.1) is 12.8 Å². The van der Waals surface area contributed by atoms with Crippen LogP contribution in [0.2, 0.25) is 0 Å². The number of pyridine rings is 1. The Morgan fingerprint density at radius 3 is 2.70 bits per heavy atom. The van der Waals surface area contributed by atoms with Crippen LogP contribution in [0, 0.1) is 0 Å². The standard InChI is InChI=1S/C15H15N5O3/c1-23-10-4-2-9(3-5-10)8-17-11-6-7-12-18-15(16)19-20(12)13(11)14(21)22/h2-7,17H,8H2,1H3,(H2,16,19)(H,21,22). The Morgan fingerprint density at radius 2 is 2.04 bits per heavy atom. The van der Waals surface area contributed by atoms with E-state index in [1.54, 1.807) is 19.2 Å². The highest BCUT2D eigenvalue weighted by Gasteiger charge is 2.17. The minimum Gasteiger partial charge on any atom is -0.497 e. The van der Waals surface area contributed by atoms with E-state index in [1.807, 2.05) is 24.3 Å². The third-order valence-electron chi connectivity index (χ3n) is 3.36. The maximum Gasteiger partial charge on any atom is 0.356 e. The number of benzene rings is 1. The van der Waals surface area contributed by atoms with E-state index in [0.717, 1.165) is 11.3 Å². The molecule has 0 aliphatic heterocycles. The summed E-state index contributed by atoms with van der Waals surface area (Å²) in [6.45, 7) is 0.458. The topological polar surface area (TPSA) is 115 Å². The lowest BCUT2D eigenvalue weighted by atomic mass is 10.2. The zero-order valence-corrected chi connectivity index (χ0v) is 12.4. The van der Waals surface area contributed by atoms with Crippen LogP contribution in [0.1, 0.15) is 16.1 Å². The van der Waals surface area contributed by atoms with Crippen molar-refractivity contribution >= 4 is 23.3 Å². The van der Waals surface area contributed by atoms with Gasteiger partial charge < -0.3 is 20.9 Å². The number of carboxylic acids is 1. The Labute approximate surface area is 131 Å². The lowest BCUT2D eigenvalue weighted by molar-refractivity contribution is 0.0688. The molecule has 0 bridgehead atoms. The van der Waals surface area contributed by atoms with Crippen LogP contribution in [0.15, 0.2) is 36.4 Å². The molecule has 3 rings (SSSR count). The number of ether oxygens (including phenoxy) is 1. The first kappa shape index (κ1) is 14.6. The van der Waals surface area contributed by atoms with E-state index in [4.69, 9.17) is 10.5 Å². The normalized spacial score (nSPS) is 10.7. The Balaban J connectivity index is 1.89. The summed E-state index contributed by atoms with van der Waals surface area (Å²) in [5.41, 5.74) is 7.33. The van der Waals surface area contributed by atoms with Gasteiger partial charge in [0.1, 0.15) is 5.75 Å². The summed E-state index contributed by atoms with van der Waals surface area (Å²) in [6.07, 6.45) is 0. The fourth-order valence-electron chi connectivity index (χ4n) is 2.25. The van der Waals surface area contributed by atoms with Crippen molar-refractivity contribution in [2.24, 2.45) is 0 Å². The zero-order chi connectivity index (χ0) is 16.4. The molecule has 2 aromatic heterocycles. The summed E-state index contributed by atoms with van der Waals surface area (Å²) in [5, 5.41) is 16.5. The number of rotatable bonds is 5. The highest BCUT2D eigenvalue weighted by Crippen LogP contribution is 2.19. The number of nitrogens with zero attached hydrogens (tertiary/aromatic N) is 3. The number of methoxy groups -OCH3 is 1. The summed E-state index contributed by atoms with van der Waals surface area (Å²) in [4.78, 5) is 15.5. The van der Waals surface area contributed by atoms with Crippen molar-refractivity contribution in [3.05, 3.63) is 47.7 Å². The first-order valence-electron chi connectivity index (χ1n) is 6.84. The molecule has 0 fully saturated rings. The first-order valence-corrected chi connectivity index (χ1v) is 6.84. The van der Waals surface area contributed by atoms with Crippen molar-refractivity contribution in [3.8, 4) is 5.75 Å². The number of hydrogen-bond donors (Lipinski definition) is 3. The van der Waals surface area contributed by atoms with E-state index in [9.17, 15) is 9.90 Å². The Kier molecular flexibility index (Phi) is 3.71. The number of anilines is 2. The molecule has 4 N–H and O–H groups in total. The number of fused-ring (bicyclic) bond motifs is 1. The Morgan fingerprint density at radius 1 is 1.30 bits per heavy atom. The molecule has 0 saturated carbocycles. The van der Waals surface area contributed by atoms with E-state index in [-0.39, 0.29) is 11.6 Å². The molecule has 0 aliphatic carbocycles. The number of hydrogen-bond acceptors (Lipinski definition) is 6. The molecule has 0 spiro atoms. The average molecular weight is 313 g/mol. The molecule has 23 heavy (non-hydrogen) atoms. The fraction of sp³-hybridized carbons (Fsp3) is 0.133. The third-order valence-corrected chi connectivity index (χ3v) is 3.36. The summed E-state index contributed by atoms with van der Waals surface area (Å²) in [6, 6.07) is 10.8. The molecule has 0 unspecified atom stereocenters. The van der Waals surface area contributed by atoms with E-state index < -0.39 is 5.97 Å². The van der Waals surface area contributed by atoms with Gasteiger partial charge in [-0.2, -0.15) is 4.98 Å². The summed E-state index contributed by atoms with van der Waals surface area (Å²) < 4.78 is 6.32. The molecule has 2 heterocycles. The van der Waals surface area contributed by atoms with Gasteiger partial charge >= 0.3 is 5.97 Å². The minimum atomic E-state index is -1.11. The largest absolute Gasteiger partial charge is 0.497 e. The van der Waals surface area contributed by atoms with E-state index >= 15 is 0 Å². The van der Waals surface area contributed by atoms with Crippen LogP contribution >= 0.6 is 0 Å². The number of nitrogen functional groups attached to an aromatic ring is 1. The van der Waals surface area contributed by atoms with E-state index in [2.05, 4.69) is 15.4 Å². The van der Waals surface area contributed by atoms with Gasteiger partial charge in [-0.15, -0.1) is 5.10 Å². The summed E-state index contributed by atoms with van der Waals surface area (Å²) in [5.74, 6) is -0.322. The maximum atomic E-state index is 11.6. The number of aromatic nitrogens is 3. The fourth-order valence-corrected chi connectivity index (χ4v) is 2.25. The average Bonchev–Trinajstić information content (AvgIpc) is 2.92. The van der Waals surface area contributed by atoms with Gasteiger partial charge in [-0.3, -0.25) is 0 Å². The van der Waals surface area contributed by atoms with Crippen molar-refractivity contribution in [1.82, 2.24) is 14.6 Å². The Bertz CT molecular complexity index is 857. The van der Waals surface area contributed by atoms with Gasteiger partial charge in [0, 0.05) is 6.54 Å². The quantitative estimate of drug-likeness (QED) is 0.655. The second kappa shape index (κ2) is 5.84.